The molecule has 0 aromatic heterocycles. The monoisotopic (exact) mass is 500 g/mol. The number of Topliss-reactive ketones (excluding diaryl/α,β-unsaturated/α-hetero) is 1. The molecule has 0 saturated heterocycles. The number of ketones is 1. The van der Waals surface area contributed by atoms with Crippen molar-refractivity contribution in [1.82, 2.24) is 9.80 Å². The van der Waals surface area contributed by atoms with Crippen LogP contribution in [0.2, 0.25) is 0 Å². The van der Waals surface area contributed by atoms with Crippen LogP contribution in [0, 0.1) is 0 Å². The predicted molar refractivity (Wildman–Crippen MR) is 132 cm³/mol. The summed E-state index contributed by atoms with van der Waals surface area (Å²) in [6.45, 7) is 1.00. The third kappa shape index (κ3) is 6.73. The van der Waals surface area contributed by atoms with Gasteiger partial charge in [-0.25, -0.2) is 16.8 Å². The largest absolute Gasteiger partial charge is 0.297 e. The Kier molecular flexibility index (Phi) is 7.47. The highest BCUT2D eigenvalue weighted by molar-refractivity contribution is 7.94. The van der Waals surface area contributed by atoms with Gasteiger partial charge in [0.1, 0.15) is 0 Å². The van der Waals surface area contributed by atoms with Crippen LogP contribution in [-0.4, -0.2) is 69.1 Å². The molecule has 7 nitrogen and oxygen atoms in total. The molecule has 0 N–H and O–H groups in total. The zero-order chi connectivity index (χ0) is 24.2. The third-order valence-corrected chi connectivity index (χ3v) is 8.73. The number of rotatable bonds is 10. The van der Waals surface area contributed by atoms with E-state index in [2.05, 4.69) is 0 Å². The van der Waals surface area contributed by atoms with Crippen LogP contribution in [-0.2, 0) is 37.6 Å². The molecule has 0 bridgehead atoms. The minimum atomic E-state index is -3.28. The van der Waals surface area contributed by atoms with E-state index < -0.39 is 19.7 Å². The lowest BCUT2D eigenvalue weighted by Crippen LogP contribution is -2.45. The molecule has 0 spiro atoms. The van der Waals surface area contributed by atoms with Gasteiger partial charge in [-0.2, -0.15) is 0 Å². The van der Waals surface area contributed by atoms with Gasteiger partial charge < -0.3 is 0 Å². The maximum atomic E-state index is 13.3. The number of benzene rings is 2. The summed E-state index contributed by atoms with van der Waals surface area (Å²) >= 11 is 0. The molecule has 0 aliphatic carbocycles. The summed E-state index contributed by atoms with van der Waals surface area (Å²) in [7, 11) is -6.56. The molecule has 0 radical (unpaired) electrons. The van der Waals surface area contributed by atoms with Gasteiger partial charge in [0.2, 0.25) is 0 Å². The van der Waals surface area contributed by atoms with Crippen LogP contribution in [0.1, 0.15) is 11.1 Å². The smallest absolute Gasteiger partial charge is 0.173 e. The molecule has 9 heteroatoms. The number of nitrogens with zero attached hydrogens (tertiary/aromatic N) is 2. The first kappa shape index (κ1) is 24.5. The zero-order valence-electron chi connectivity index (χ0n) is 18.7. The zero-order valence-corrected chi connectivity index (χ0v) is 20.4. The number of sulfone groups is 2. The summed E-state index contributed by atoms with van der Waals surface area (Å²) in [6, 6.07) is 18.5. The van der Waals surface area contributed by atoms with Crippen molar-refractivity contribution >= 4 is 25.5 Å². The van der Waals surface area contributed by atoms with Gasteiger partial charge in [0, 0.05) is 36.0 Å². The summed E-state index contributed by atoms with van der Waals surface area (Å²) in [4.78, 5) is 17.0. The van der Waals surface area contributed by atoms with E-state index in [-0.39, 0.29) is 42.5 Å². The Hall–Kier alpha value is -2.59. The van der Waals surface area contributed by atoms with Crippen molar-refractivity contribution in [2.75, 3.05) is 24.6 Å². The third-order valence-electron chi connectivity index (χ3n) is 5.98. The molecule has 2 aliphatic heterocycles. The fourth-order valence-corrected chi connectivity index (χ4v) is 6.95. The van der Waals surface area contributed by atoms with Crippen molar-refractivity contribution in [2.24, 2.45) is 0 Å². The maximum Gasteiger partial charge on any atom is 0.173 e. The van der Waals surface area contributed by atoms with E-state index in [1.807, 2.05) is 70.5 Å². The summed E-state index contributed by atoms with van der Waals surface area (Å²) in [5, 5.41) is 2.44. The van der Waals surface area contributed by atoms with Crippen LogP contribution in [0.3, 0.4) is 0 Å². The SMILES string of the molecule is O=C(CN(Cc1ccccc1)[C@@H]1C=CS(=O)(=O)C1)CN(Cc1ccccc1)[C@@H]1C=CS(=O)(=O)C1. The molecule has 0 saturated carbocycles. The molecular formula is C25H28N2O5S2. The molecule has 0 unspecified atom stereocenters. The lowest BCUT2D eigenvalue weighted by molar-refractivity contribution is -0.122. The first-order valence-corrected chi connectivity index (χ1v) is 14.5. The second kappa shape index (κ2) is 10.4. The van der Waals surface area contributed by atoms with Gasteiger partial charge >= 0.3 is 0 Å². The molecule has 2 aromatic carbocycles. The fourth-order valence-electron chi connectivity index (χ4n) is 4.29. The number of hydrogen-bond donors (Lipinski definition) is 0. The highest BCUT2D eigenvalue weighted by Crippen LogP contribution is 2.20. The van der Waals surface area contributed by atoms with Crippen molar-refractivity contribution in [1.29, 1.82) is 0 Å². The van der Waals surface area contributed by atoms with Crippen molar-refractivity contribution in [3.8, 4) is 0 Å². The standard InChI is InChI=1S/C25H28N2O5S2/c28-25(17-26(15-21-7-3-1-4-8-21)23-11-13-33(29,30)19-23)18-27(16-22-9-5-2-6-10-22)24-12-14-34(31,32)20-24/h1-14,23-24H,15-20H2/t23-,24-/m1/s1. The van der Waals surface area contributed by atoms with Gasteiger partial charge in [-0.05, 0) is 11.1 Å². The Morgan fingerprint density at radius 3 is 1.38 bits per heavy atom. The van der Waals surface area contributed by atoms with Crippen LogP contribution in [0.25, 0.3) is 0 Å². The Bertz CT molecular complexity index is 1170. The molecule has 0 fully saturated rings. The fraction of sp³-hybridized carbons (Fsp3) is 0.320. The minimum absolute atomic E-state index is 0.0511. The van der Waals surface area contributed by atoms with Crippen molar-refractivity contribution in [2.45, 2.75) is 25.2 Å². The minimum Gasteiger partial charge on any atom is -0.297 e. The highest BCUT2D eigenvalue weighted by Gasteiger charge is 2.31. The van der Waals surface area contributed by atoms with Gasteiger partial charge in [-0.1, -0.05) is 72.8 Å². The number of carbonyl (C=O) groups excluding carboxylic acids is 1. The lowest BCUT2D eigenvalue weighted by Gasteiger charge is -2.30. The second-order valence-electron chi connectivity index (χ2n) is 8.77. The first-order valence-electron chi connectivity index (χ1n) is 11.1. The van der Waals surface area contributed by atoms with E-state index in [9.17, 15) is 21.6 Å². The van der Waals surface area contributed by atoms with Gasteiger partial charge in [-0.3, -0.25) is 14.6 Å². The highest BCUT2D eigenvalue weighted by atomic mass is 32.2. The molecule has 2 aliphatic rings. The van der Waals surface area contributed by atoms with Crippen LogP contribution in [0.15, 0.2) is 83.6 Å². The number of carbonyl (C=O) groups is 1. The Morgan fingerprint density at radius 2 is 1.06 bits per heavy atom. The molecule has 4 rings (SSSR count). The second-order valence-corrected chi connectivity index (χ2v) is 12.6. The summed E-state index contributed by atoms with van der Waals surface area (Å²) in [5.41, 5.74) is 1.97. The van der Waals surface area contributed by atoms with E-state index in [0.29, 0.717) is 13.1 Å². The average molecular weight is 501 g/mol. The quantitative estimate of drug-likeness (QED) is 0.494. The Labute approximate surface area is 201 Å². The van der Waals surface area contributed by atoms with Crippen molar-refractivity contribution < 1.29 is 21.6 Å². The van der Waals surface area contributed by atoms with Crippen LogP contribution in [0.5, 0.6) is 0 Å². The van der Waals surface area contributed by atoms with E-state index in [1.54, 1.807) is 12.2 Å². The Balaban J connectivity index is 1.50. The lowest BCUT2D eigenvalue weighted by atomic mass is 10.1. The predicted octanol–water partition coefficient (Wildman–Crippen LogP) is 2.18. The normalized spacial score (nSPS) is 22.5. The van der Waals surface area contributed by atoms with Gasteiger partial charge in [0.25, 0.3) is 0 Å². The van der Waals surface area contributed by atoms with E-state index in [4.69, 9.17) is 0 Å². The summed E-state index contributed by atoms with van der Waals surface area (Å²) in [5.74, 6) is -0.197. The molecule has 34 heavy (non-hydrogen) atoms. The van der Waals surface area contributed by atoms with Gasteiger partial charge in [0.05, 0.1) is 24.6 Å². The molecule has 2 atom stereocenters. The van der Waals surface area contributed by atoms with Crippen LogP contribution >= 0.6 is 0 Å². The Morgan fingerprint density at radius 1 is 0.676 bits per heavy atom. The van der Waals surface area contributed by atoms with Crippen molar-refractivity contribution in [3.63, 3.8) is 0 Å². The number of hydrogen-bond acceptors (Lipinski definition) is 7. The topological polar surface area (TPSA) is 91.8 Å². The van der Waals surface area contributed by atoms with Crippen molar-refractivity contribution in [3.05, 3.63) is 94.8 Å². The van der Waals surface area contributed by atoms with Gasteiger partial charge in [-0.15, -0.1) is 0 Å². The van der Waals surface area contributed by atoms with E-state index in [1.165, 1.54) is 10.8 Å². The molecule has 2 aromatic rings. The van der Waals surface area contributed by atoms with E-state index >= 15 is 0 Å². The maximum absolute atomic E-state index is 13.3. The molecule has 2 heterocycles. The van der Waals surface area contributed by atoms with Crippen LogP contribution < -0.4 is 0 Å². The summed E-state index contributed by atoms with van der Waals surface area (Å²) in [6.07, 6.45) is 3.28. The van der Waals surface area contributed by atoms with E-state index in [0.717, 1.165) is 11.1 Å². The summed E-state index contributed by atoms with van der Waals surface area (Å²) < 4.78 is 48.1. The van der Waals surface area contributed by atoms with Gasteiger partial charge in [0.15, 0.2) is 25.5 Å². The molecule has 0 amide bonds. The molecule has 180 valence electrons. The van der Waals surface area contributed by atoms with Crippen LogP contribution in [0.4, 0.5) is 0 Å². The average Bonchev–Trinajstić information content (AvgIpc) is 3.35. The molecular weight excluding hydrogens is 472 g/mol. The first-order chi connectivity index (χ1) is 16.2.